The van der Waals surface area contributed by atoms with E-state index in [9.17, 15) is 10.2 Å². The first-order chi connectivity index (χ1) is 6.55. The van der Waals surface area contributed by atoms with E-state index < -0.39 is 0 Å². The molecule has 2 nitrogen and oxygen atoms in total. The summed E-state index contributed by atoms with van der Waals surface area (Å²) in [5.74, 6) is 0.383. The molecule has 0 aromatic rings. The van der Waals surface area contributed by atoms with Gasteiger partial charge in [0.2, 0.25) is 0 Å². The molecule has 84 valence electrons. The number of hydrogen-bond acceptors (Lipinski definition) is 2. The van der Waals surface area contributed by atoms with E-state index in [1.165, 1.54) is 12.8 Å². The predicted octanol–water partition coefficient (Wildman–Crippen LogP) is 2.33. The minimum atomic E-state index is -0.302. The Balaban J connectivity index is 2.38. The number of aliphatic hydroxyl groups excluding tert-OH is 2. The predicted molar refractivity (Wildman–Crippen MR) is 58.0 cm³/mol. The Morgan fingerprint density at radius 1 is 1.36 bits per heavy atom. The molecule has 0 heterocycles. The molecule has 2 heteroatoms. The fourth-order valence-electron chi connectivity index (χ4n) is 2.50. The summed E-state index contributed by atoms with van der Waals surface area (Å²) in [5, 5.41) is 19.7. The van der Waals surface area contributed by atoms with E-state index in [2.05, 4.69) is 20.8 Å². The molecule has 2 N–H and O–H groups in total. The molecule has 1 aliphatic carbocycles. The van der Waals surface area contributed by atoms with E-state index in [1.54, 1.807) is 0 Å². The summed E-state index contributed by atoms with van der Waals surface area (Å²) in [6, 6.07) is 0. The monoisotopic (exact) mass is 200 g/mol. The maximum absolute atomic E-state index is 10.0. The van der Waals surface area contributed by atoms with Gasteiger partial charge in [0.05, 0.1) is 12.2 Å². The van der Waals surface area contributed by atoms with E-state index in [1.807, 2.05) is 0 Å². The van der Waals surface area contributed by atoms with Gasteiger partial charge >= 0.3 is 0 Å². The zero-order valence-corrected chi connectivity index (χ0v) is 9.66. The van der Waals surface area contributed by atoms with Crippen LogP contribution in [0.3, 0.4) is 0 Å². The van der Waals surface area contributed by atoms with Gasteiger partial charge < -0.3 is 10.2 Å². The summed E-state index contributed by atoms with van der Waals surface area (Å²) < 4.78 is 0. The molecule has 1 saturated carbocycles. The standard InChI is InChI=1S/C12H24O2/c1-4-5-6-7-10(13)12(9(2)3)8-11(12)14/h9-11,13-14H,4-8H2,1-3H3/t10-,11-,12-/m1/s1. The molecule has 1 aliphatic rings. The van der Waals surface area contributed by atoms with Crippen LogP contribution in [-0.2, 0) is 0 Å². The average Bonchev–Trinajstić information content (AvgIpc) is 2.79. The minimum Gasteiger partial charge on any atom is -0.392 e. The molecule has 0 aromatic heterocycles. The van der Waals surface area contributed by atoms with Gasteiger partial charge in [-0.3, -0.25) is 0 Å². The normalized spacial score (nSPS) is 33.4. The molecule has 0 unspecified atom stereocenters. The number of rotatable bonds is 6. The molecule has 0 amide bonds. The second kappa shape index (κ2) is 4.63. The third-order valence-corrected chi connectivity index (χ3v) is 3.78. The lowest BCUT2D eigenvalue weighted by molar-refractivity contribution is 0.0236. The van der Waals surface area contributed by atoms with E-state index in [-0.39, 0.29) is 17.6 Å². The lowest BCUT2D eigenvalue weighted by Crippen LogP contribution is -2.30. The van der Waals surface area contributed by atoms with Gasteiger partial charge in [0.15, 0.2) is 0 Å². The molecule has 0 spiro atoms. The Bertz CT molecular complexity index is 179. The second-order valence-electron chi connectivity index (χ2n) is 5.00. The largest absolute Gasteiger partial charge is 0.392 e. The third kappa shape index (κ3) is 2.12. The Labute approximate surface area is 87.3 Å². The van der Waals surface area contributed by atoms with Crippen LogP contribution in [0.4, 0.5) is 0 Å². The lowest BCUT2D eigenvalue weighted by atomic mass is 9.84. The van der Waals surface area contributed by atoms with Crippen LogP contribution in [0.25, 0.3) is 0 Å². The van der Waals surface area contributed by atoms with E-state index in [4.69, 9.17) is 0 Å². The summed E-state index contributed by atoms with van der Waals surface area (Å²) in [6.45, 7) is 6.36. The highest BCUT2D eigenvalue weighted by molar-refractivity contribution is 5.09. The quantitative estimate of drug-likeness (QED) is 0.646. The van der Waals surface area contributed by atoms with E-state index >= 15 is 0 Å². The van der Waals surface area contributed by atoms with Crippen LogP contribution in [0.15, 0.2) is 0 Å². The number of hydrogen-bond donors (Lipinski definition) is 2. The van der Waals surface area contributed by atoms with Crippen molar-refractivity contribution in [2.45, 2.75) is 65.1 Å². The molecule has 0 radical (unpaired) electrons. The van der Waals surface area contributed by atoms with Gasteiger partial charge in [-0.25, -0.2) is 0 Å². The Kier molecular flexibility index (Phi) is 3.96. The fraction of sp³-hybridized carbons (Fsp3) is 1.00. The molecule has 3 atom stereocenters. The first kappa shape index (κ1) is 12.0. The summed E-state index contributed by atoms with van der Waals surface area (Å²) in [4.78, 5) is 0. The summed E-state index contributed by atoms with van der Waals surface area (Å²) in [6.07, 6.45) is 4.52. The topological polar surface area (TPSA) is 40.5 Å². The summed E-state index contributed by atoms with van der Waals surface area (Å²) in [7, 11) is 0. The van der Waals surface area contributed by atoms with Gasteiger partial charge in [-0.15, -0.1) is 0 Å². The van der Waals surface area contributed by atoms with E-state index in [0.29, 0.717) is 5.92 Å². The first-order valence-electron chi connectivity index (χ1n) is 5.91. The smallest absolute Gasteiger partial charge is 0.0631 e. The van der Waals surface area contributed by atoms with Gasteiger partial charge in [-0.1, -0.05) is 40.0 Å². The van der Waals surface area contributed by atoms with Crippen molar-refractivity contribution in [2.75, 3.05) is 0 Å². The Hall–Kier alpha value is -0.0800. The van der Waals surface area contributed by atoms with Crippen LogP contribution >= 0.6 is 0 Å². The molecule has 1 rings (SSSR count). The molecular weight excluding hydrogens is 176 g/mol. The van der Waals surface area contributed by atoms with Crippen LogP contribution in [0.2, 0.25) is 0 Å². The molecule has 0 aliphatic heterocycles. The average molecular weight is 200 g/mol. The highest BCUT2D eigenvalue weighted by Gasteiger charge is 2.59. The number of aliphatic hydroxyl groups is 2. The first-order valence-corrected chi connectivity index (χ1v) is 5.91. The van der Waals surface area contributed by atoms with Crippen molar-refractivity contribution in [3.05, 3.63) is 0 Å². The maximum atomic E-state index is 10.0. The molecular formula is C12H24O2. The van der Waals surface area contributed by atoms with Crippen LogP contribution in [-0.4, -0.2) is 22.4 Å². The molecule has 0 saturated heterocycles. The van der Waals surface area contributed by atoms with Gasteiger partial charge in [-0.2, -0.15) is 0 Å². The van der Waals surface area contributed by atoms with E-state index in [0.717, 1.165) is 19.3 Å². The second-order valence-corrected chi connectivity index (χ2v) is 5.00. The molecule has 1 fully saturated rings. The highest BCUT2D eigenvalue weighted by Crippen LogP contribution is 2.55. The van der Waals surface area contributed by atoms with Crippen molar-refractivity contribution in [1.82, 2.24) is 0 Å². The number of unbranched alkanes of at least 4 members (excludes halogenated alkanes) is 2. The van der Waals surface area contributed by atoms with Gasteiger partial charge in [0, 0.05) is 5.41 Å². The third-order valence-electron chi connectivity index (χ3n) is 3.78. The summed E-state index contributed by atoms with van der Waals surface area (Å²) >= 11 is 0. The van der Waals surface area contributed by atoms with Gasteiger partial charge in [0.1, 0.15) is 0 Å². The zero-order valence-electron chi connectivity index (χ0n) is 9.66. The maximum Gasteiger partial charge on any atom is 0.0631 e. The van der Waals surface area contributed by atoms with Gasteiger partial charge in [0.25, 0.3) is 0 Å². The summed E-state index contributed by atoms with van der Waals surface area (Å²) in [5.41, 5.74) is -0.173. The van der Waals surface area contributed by atoms with Crippen LogP contribution in [0, 0.1) is 11.3 Å². The molecule has 14 heavy (non-hydrogen) atoms. The van der Waals surface area contributed by atoms with Crippen molar-refractivity contribution >= 4 is 0 Å². The minimum absolute atomic E-state index is 0.173. The van der Waals surface area contributed by atoms with Crippen molar-refractivity contribution in [1.29, 1.82) is 0 Å². The highest BCUT2D eigenvalue weighted by atomic mass is 16.3. The van der Waals surface area contributed by atoms with Crippen molar-refractivity contribution in [3.63, 3.8) is 0 Å². The fourth-order valence-corrected chi connectivity index (χ4v) is 2.50. The van der Waals surface area contributed by atoms with Crippen LogP contribution in [0.1, 0.15) is 52.9 Å². The van der Waals surface area contributed by atoms with Crippen LogP contribution in [0.5, 0.6) is 0 Å². The van der Waals surface area contributed by atoms with Gasteiger partial charge in [-0.05, 0) is 18.8 Å². The van der Waals surface area contributed by atoms with Crippen molar-refractivity contribution < 1.29 is 10.2 Å². The Morgan fingerprint density at radius 2 is 1.93 bits per heavy atom. The molecule has 0 bridgehead atoms. The molecule has 0 aromatic carbocycles. The van der Waals surface area contributed by atoms with Crippen molar-refractivity contribution in [2.24, 2.45) is 11.3 Å². The SMILES string of the molecule is CCCCC[C@@H](O)[C@]1(C(C)C)C[C@H]1O. The Morgan fingerprint density at radius 3 is 2.29 bits per heavy atom. The van der Waals surface area contributed by atoms with Crippen molar-refractivity contribution in [3.8, 4) is 0 Å². The van der Waals surface area contributed by atoms with Crippen LogP contribution < -0.4 is 0 Å². The lowest BCUT2D eigenvalue weighted by Gasteiger charge is -2.26. The zero-order chi connectivity index (χ0) is 10.8.